The summed E-state index contributed by atoms with van der Waals surface area (Å²) in [6, 6.07) is 4.82. The summed E-state index contributed by atoms with van der Waals surface area (Å²) in [5.41, 5.74) is 1.39. The van der Waals surface area contributed by atoms with Crippen LogP contribution in [0.15, 0.2) is 40.5 Å². The Morgan fingerprint density at radius 3 is 2.77 bits per heavy atom. The zero-order chi connectivity index (χ0) is 18.8. The Morgan fingerprint density at radius 2 is 2.15 bits per heavy atom. The molecule has 1 aromatic carbocycles. The fourth-order valence-corrected chi connectivity index (χ4v) is 3.99. The number of amides is 1. The first-order valence-corrected chi connectivity index (χ1v) is 8.60. The van der Waals surface area contributed by atoms with Crippen LogP contribution >= 0.6 is 11.8 Å². The van der Waals surface area contributed by atoms with Crippen molar-refractivity contribution in [3.05, 3.63) is 51.2 Å². The Morgan fingerprint density at radius 1 is 1.46 bits per heavy atom. The van der Waals surface area contributed by atoms with E-state index in [9.17, 15) is 24.5 Å². The second-order valence-corrected chi connectivity index (χ2v) is 6.81. The lowest BCUT2D eigenvalue weighted by molar-refractivity contribution is -0.384. The quantitative estimate of drug-likeness (QED) is 0.191. The van der Waals surface area contributed by atoms with Crippen molar-refractivity contribution in [3.8, 4) is 0 Å². The van der Waals surface area contributed by atoms with Crippen LogP contribution in [0.1, 0.15) is 12.5 Å². The monoisotopic (exact) mass is 375 g/mol. The fraction of sp³-hybridized carbons (Fsp3) is 0.312. The molecule has 1 saturated heterocycles. The molecule has 0 unspecified atom stereocenters. The third-order valence-electron chi connectivity index (χ3n) is 4.03. The number of β-lactam (4-membered cyclic amide) rings is 1. The second-order valence-electron chi connectivity index (χ2n) is 5.70. The number of carbonyl (C=O) groups excluding carboxylic acids is 3. The van der Waals surface area contributed by atoms with Crippen molar-refractivity contribution in [1.82, 2.24) is 4.90 Å². The molecule has 2 aliphatic rings. The molecule has 3 rings (SSSR count). The molecule has 9 nitrogen and oxygen atoms in total. The van der Waals surface area contributed by atoms with E-state index < -0.39 is 28.2 Å². The number of esters is 1. The molecule has 0 radical (unpaired) electrons. The number of rotatable bonds is 5. The van der Waals surface area contributed by atoms with E-state index in [-0.39, 0.29) is 18.0 Å². The zero-order valence-corrected chi connectivity index (χ0v) is 14.4. The van der Waals surface area contributed by atoms with Gasteiger partial charge in [-0.3, -0.25) is 19.8 Å². The number of non-ortho nitro benzene ring substituents is 1. The molecule has 0 aromatic heterocycles. The number of hydrogen-bond acceptors (Lipinski definition) is 8. The summed E-state index contributed by atoms with van der Waals surface area (Å²) >= 11 is 1.42. The van der Waals surface area contributed by atoms with Crippen LogP contribution in [0.3, 0.4) is 0 Å². The van der Waals surface area contributed by atoms with Crippen LogP contribution in [0.25, 0.3) is 0 Å². The molecule has 2 heterocycles. The number of nitro benzene ring substituents is 1. The van der Waals surface area contributed by atoms with E-state index in [1.54, 1.807) is 6.92 Å². The van der Waals surface area contributed by atoms with Crippen molar-refractivity contribution in [2.24, 2.45) is 4.99 Å². The number of nitro groups is 1. The molecule has 134 valence electrons. The largest absolute Gasteiger partial charge is 0.456 e. The van der Waals surface area contributed by atoms with E-state index >= 15 is 0 Å². The summed E-state index contributed by atoms with van der Waals surface area (Å²) in [7, 11) is 0. The topological polar surface area (TPSA) is 119 Å². The highest BCUT2D eigenvalue weighted by Crippen LogP contribution is 2.41. The molecular formula is C16H13N3O6S. The molecule has 0 spiro atoms. The van der Waals surface area contributed by atoms with E-state index in [1.165, 1.54) is 47.0 Å². The Kier molecular flexibility index (Phi) is 4.88. The van der Waals surface area contributed by atoms with Gasteiger partial charge in [0.2, 0.25) is 6.08 Å². The number of ether oxygens (including phenoxy) is 1. The van der Waals surface area contributed by atoms with E-state index in [4.69, 9.17) is 4.74 Å². The maximum Gasteiger partial charge on any atom is 0.355 e. The van der Waals surface area contributed by atoms with Crippen molar-refractivity contribution >= 4 is 35.4 Å². The first-order chi connectivity index (χ1) is 12.4. The minimum atomic E-state index is -0.817. The van der Waals surface area contributed by atoms with Crippen molar-refractivity contribution < 1.29 is 24.0 Å². The SMILES string of the molecule is CC1=C(C(=O)OCc2ccc([N+](=O)[O-])cc2)N2C(=O)[C@@H](N=C=O)[C@@H]2SC1. The lowest BCUT2D eigenvalue weighted by atomic mass is 10.0. The first kappa shape index (κ1) is 17.8. The van der Waals surface area contributed by atoms with Gasteiger partial charge in [0, 0.05) is 17.9 Å². The minimum Gasteiger partial charge on any atom is -0.456 e. The fourth-order valence-electron chi connectivity index (χ4n) is 2.72. The van der Waals surface area contributed by atoms with Crippen LogP contribution in [-0.4, -0.2) is 44.9 Å². The third kappa shape index (κ3) is 3.12. The van der Waals surface area contributed by atoms with Crippen molar-refractivity contribution in [1.29, 1.82) is 0 Å². The molecule has 1 aromatic rings. The van der Waals surface area contributed by atoms with Gasteiger partial charge in [0.15, 0.2) is 6.04 Å². The summed E-state index contributed by atoms with van der Waals surface area (Å²) < 4.78 is 5.26. The van der Waals surface area contributed by atoms with Gasteiger partial charge in [-0.15, -0.1) is 11.8 Å². The van der Waals surface area contributed by atoms with Crippen LogP contribution in [0, 0.1) is 10.1 Å². The van der Waals surface area contributed by atoms with Crippen LogP contribution in [-0.2, 0) is 25.7 Å². The molecule has 0 saturated carbocycles. The van der Waals surface area contributed by atoms with Crippen LogP contribution in [0.2, 0.25) is 0 Å². The van der Waals surface area contributed by atoms with Gasteiger partial charge in [0.05, 0.1) is 4.92 Å². The molecule has 0 N–H and O–H groups in total. The minimum absolute atomic E-state index is 0.0567. The van der Waals surface area contributed by atoms with Crippen molar-refractivity contribution in [3.63, 3.8) is 0 Å². The van der Waals surface area contributed by atoms with Gasteiger partial charge in [0.1, 0.15) is 17.7 Å². The lowest BCUT2D eigenvalue weighted by Crippen LogP contribution is -2.64. The highest BCUT2D eigenvalue weighted by Gasteiger charge is 2.53. The molecule has 2 atom stereocenters. The number of carbonyl (C=O) groups is 2. The molecule has 26 heavy (non-hydrogen) atoms. The van der Waals surface area contributed by atoms with Crippen LogP contribution in [0.5, 0.6) is 0 Å². The predicted molar refractivity (Wildman–Crippen MR) is 90.6 cm³/mol. The molecule has 0 aliphatic carbocycles. The van der Waals surface area contributed by atoms with E-state index in [1.807, 2.05) is 0 Å². The Balaban J connectivity index is 1.70. The number of nitrogens with zero attached hydrogens (tertiary/aromatic N) is 3. The standard InChI is InChI=1S/C16H13N3O6S/c1-9-7-26-15-12(17-8-20)14(21)18(15)13(9)16(22)25-6-10-2-4-11(5-3-10)19(23)24/h2-5,12,15H,6-7H2,1H3/t12-,15+/m1/s1. The van der Waals surface area contributed by atoms with Crippen LogP contribution < -0.4 is 0 Å². The predicted octanol–water partition coefficient (Wildman–Crippen LogP) is 1.53. The molecular weight excluding hydrogens is 362 g/mol. The summed E-state index contributed by atoms with van der Waals surface area (Å²) in [5.74, 6) is -0.582. The number of fused-ring (bicyclic) bond motifs is 1. The summed E-state index contributed by atoms with van der Waals surface area (Å²) in [6.07, 6.45) is 1.38. The van der Waals surface area contributed by atoms with E-state index in [0.717, 1.165) is 0 Å². The van der Waals surface area contributed by atoms with E-state index in [0.29, 0.717) is 16.9 Å². The molecule has 2 aliphatic heterocycles. The van der Waals surface area contributed by atoms with Gasteiger partial charge in [-0.1, -0.05) is 0 Å². The molecule has 1 amide bonds. The average molecular weight is 375 g/mol. The highest BCUT2D eigenvalue weighted by atomic mass is 32.2. The highest BCUT2D eigenvalue weighted by molar-refractivity contribution is 8.00. The van der Waals surface area contributed by atoms with Gasteiger partial charge in [0.25, 0.3) is 11.6 Å². The van der Waals surface area contributed by atoms with Gasteiger partial charge in [-0.05, 0) is 30.2 Å². The maximum atomic E-state index is 12.5. The number of benzene rings is 1. The summed E-state index contributed by atoms with van der Waals surface area (Å²) in [6.45, 7) is 1.65. The Bertz CT molecular complexity index is 859. The number of isocyanates is 1. The van der Waals surface area contributed by atoms with Gasteiger partial charge < -0.3 is 4.74 Å². The normalized spacial score (nSPS) is 21.4. The molecule has 0 bridgehead atoms. The number of thioether (sulfide) groups is 1. The van der Waals surface area contributed by atoms with Crippen molar-refractivity contribution in [2.45, 2.75) is 24.9 Å². The lowest BCUT2D eigenvalue weighted by Gasteiger charge is -2.47. The number of hydrogen-bond donors (Lipinski definition) is 0. The van der Waals surface area contributed by atoms with Gasteiger partial charge >= 0.3 is 5.97 Å². The molecule has 10 heteroatoms. The van der Waals surface area contributed by atoms with E-state index in [2.05, 4.69) is 4.99 Å². The van der Waals surface area contributed by atoms with Gasteiger partial charge in [-0.25, -0.2) is 9.59 Å². The Hall–Kier alpha value is -2.97. The molecule has 1 fully saturated rings. The first-order valence-electron chi connectivity index (χ1n) is 7.56. The summed E-state index contributed by atoms with van der Waals surface area (Å²) in [5, 5.41) is 10.2. The average Bonchev–Trinajstić information content (AvgIpc) is 2.64. The van der Waals surface area contributed by atoms with Gasteiger partial charge in [-0.2, -0.15) is 4.99 Å². The number of aliphatic imine (C=N–C) groups is 1. The third-order valence-corrected chi connectivity index (χ3v) is 5.44. The second kappa shape index (κ2) is 7.11. The summed E-state index contributed by atoms with van der Waals surface area (Å²) in [4.78, 5) is 49.9. The zero-order valence-electron chi connectivity index (χ0n) is 13.6. The Labute approximate surface area is 151 Å². The van der Waals surface area contributed by atoms with Crippen molar-refractivity contribution in [2.75, 3.05) is 5.75 Å². The maximum absolute atomic E-state index is 12.5. The smallest absolute Gasteiger partial charge is 0.355 e. The van der Waals surface area contributed by atoms with Crippen LogP contribution in [0.4, 0.5) is 5.69 Å².